The Morgan fingerprint density at radius 3 is 2.61 bits per heavy atom. The molecule has 5 rings (SSSR count). The number of ether oxygens (including phenoxy) is 1. The van der Waals surface area contributed by atoms with Crippen molar-refractivity contribution in [3.63, 3.8) is 0 Å². The SMILES string of the molecule is CC1(C)S[C@@H]2[C@H](NC(=O)[C@H](NC(=O)N3CCNC3=O)c3ccccc3)C(=O)N2[C@H]1C(=O)OCC1CCCN1. The normalized spacial score (nSPS) is 28.3. The minimum absolute atomic E-state index is 0.128. The molecule has 13 heteroatoms. The molecule has 5 atom stereocenters. The number of urea groups is 2. The van der Waals surface area contributed by atoms with Crippen molar-refractivity contribution in [1.29, 1.82) is 0 Å². The van der Waals surface area contributed by atoms with Gasteiger partial charge >= 0.3 is 18.0 Å². The van der Waals surface area contributed by atoms with Crippen LogP contribution >= 0.6 is 11.8 Å². The summed E-state index contributed by atoms with van der Waals surface area (Å²) in [6.45, 7) is 5.45. The van der Waals surface area contributed by atoms with E-state index in [9.17, 15) is 24.0 Å². The molecule has 38 heavy (non-hydrogen) atoms. The van der Waals surface area contributed by atoms with Crippen molar-refractivity contribution >= 4 is 41.6 Å². The number of hydrogen-bond acceptors (Lipinski definition) is 8. The standard InChI is InChI=1S/C25H32N6O6S/c1-25(2)18(22(34)37-13-15-9-6-10-26-15)31-20(33)17(21(31)38-25)28-19(32)16(14-7-4-3-5-8-14)29-24(36)30-12-11-27-23(30)35/h3-5,7-8,15-18,21,26H,6,9-13H2,1-2H3,(H,27,35)(H,28,32)(H,29,36)/t15?,16-,17-,18+,21-/m1/s1. The largest absolute Gasteiger partial charge is 0.462 e. The molecule has 0 aliphatic carbocycles. The van der Waals surface area contributed by atoms with Crippen molar-refractivity contribution in [2.24, 2.45) is 0 Å². The smallest absolute Gasteiger partial charge is 0.330 e. The number of hydrogen-bond donors (Lipinski definition) is 4. The fraction of sp³-hybridized carbons (Fsp3) is 0.560. The van der Waals surface area contributed by atoms with Gasteiger partial charge in [-0.1, -0.05) is 30.3 Å². The molecule has 4 aliphatic rings. The highest BCUT2D eigenvalue weighted by Gasteiger charge is 2.64. The predicted octanol–water partition coefficient (Wildman–Crippen LogP) is 0.305. The average molecular weight is 545 g/mol. The van der Waals surface area contributed by atoms with Gasteiger partial charge in [0.05, 0.1) is 0 Å². The van der Waals surface area contributed by atoms with E-state index in [0.717, 1.165) is 24.3 Å². The van der Waals surface area contributed by atoms with Crippen LogP contribution in [0, 0.1) is 0 Å². The number of benzene rings is 1. The topological polar surface area (TPSA) is 149 Å². The molecule has 1 aromatic rings. The number of carbonyl (C=O) groups excluding carboxylic acids is 5. The van der Waals surface area contributed by atoms with Crippen molar-refractivity contribution in [3.05, 3.63) is 35.9 Å². The minimum Gasteiger partial charge on any atom is -0.462 e. The maximum absolute atomic E-state index is 13.4. The van der Waals surface area contributed by atoms with E-state index in [1.54, 1.807) is 30.3 Å². The zero-order chi connectivity index (χ0) is 27.0. The number of esters is 1. The van der Waals surface area contributed by atoms with Crippen molar-refractivity contribution < 1.29 is 28.7 Å². The quantitative estimate of drug-likeness (QED) is 0.283. The molecule has 0 bridgehead atoms. The molecule has 4 saturated heterocycles. The number of carbonyl (C=O) groups is 5. The molecule has 4 N–H and O–H groups in total. The van der Waals surface area contributed by atoms with Gasteiger partial charge in [-0.05, 0) is 38.8 Å². The summed E-state index contributed by atoms with van der Waals surface area (Å²) in [5, 5.41) is 10.8. The van der Waals surface area contributed by atoms with Crippen LogP contribution in [0.15, 0.2) is 30.3 Å². The van der Waals surface area contributed by atoms with E-state index in [4.69, 9.17) is 4.74 Å². The Hall–Kier alpha value is -3.32. The first-order chi connectivity index (χ1) is 18.2. The second-order valence-electron chi connectivity index (χ2n) is 10.3. The number of rotatable bonds is 7. The fourth-order valence-corrected chi connectivity index (χ4v) is 6.96. The Morgan fingerprint density at radius 2 is 1.95 bits per heavy atom. The van der Waals surface area contributed by atoms with Crippen LogP contribution in [0.1, 0.15) is 38.3 Å². The second kappa shape index (κ2) is 10.4. The lowest BCUT2D eigenvalue weighted by atomic mass is 9.95. The van der Waals surface area contributed by atoms with Crippen molar-refractivity contribution in [3.8, 4) is 0 Å². The first-order valence-electron chi connectivity index (χ1n) is 12.8. The lowest BCUT2D eigenvalue weighted by Gasteiger charge is -2.44. The maximum Gasteiger partial charge on any atom is 0.330 e. The number of β-lactam (4-membered cyclic amide) rings is 1. The molecule has 4 fully saturated rings. The van der Waals surface area contributed by atoms with Crippen LogP contribution in [0.4, 0.5) is 9.59 Å². The van der Waals surface area contributed by atoms with Gasteiger partial charge in [0.15, 0.2) is 0 Å². The highest BCUT2D eigenvalue weighted by molar-refractivity contribution is 8.01. The number of amides is 6. The maximum atomic E-state index is 13.4. The summed E-state index contributed by atoms with van der Waals surface area (Å²) >= 11 is 1.43. The molecule has 12 nitrogen and oxygen atoms in total. The Morgan fingerprint density at radius 1 is 1.18 bits per heavy atom. The third-order valence-electron chi connectivity index (χ3n) is 7.32. The van der Waals surface area contributed by atoms with Crippen LogP contribution in [0.3, 0.4) is 0 Å². The number of thioether (sulfide) groups is 1. The van der Waals surface area contributed by atoms with Crippen LogP contribution in [0.5, 0.6) is 0 Å². The number of nitrogens with zero attached hydrogens (tertiary/aromatic N) is 2. The van der Waals surface area contributed by atoms with E-state index in [0.29, 0.717) is 12.1 Å². The monoisotopic (exact) mass is 544 g/mol. The van der Waals surface area contributed by atoms with Crippen LogP contribution in [-0.2, 0) is 19.1 Å². The van der Waals surface area contributed by atoms with Gasteiger partial charge in [0.25, 0.3) is 0 Å². The third kappa shape index (κ3) is 4.92. The molecule has 204 valence electrons. The number of nitrogens with one attached hydrogen (secondary N) is 4. The van der Waals surface area contributed by atoms with E-state index in [2.05, 4.69) is 21.3 Å². The van der Waals surface area contributed by atoms with Gasteiger partial charge < -0.3 is 30.9 Å². The molecule has 0 aromatic heterocycles. The predicted molar refractivity (Wildman–Crippen MR) is 138 cm³/mol. The van der Waals surface area contributed by atoms with Gasteiger partial charge in [-0.3, -0.25) is 9.59 Å². The lowest BCUT2D eigenvalue weighted by Crippen LogP contribution is -2.71. The van der Waals surface area contributed by atoms with E-state index in [-0.39, 0.29) is 25.1 Å². The van der Waals surface area contributed by atoms with Crippen molar-refractivity contribution in [1.82, 2.24) is 31.1 Å². The molecule has 0 saturated carbocycles. The van der Waals surface area contributed by atoms with Crippen molar-refractivity contribution in [2.45, 2.75) is 61.0 Å². The molecule has 4 heterocycles. The Labute approximate surface area is 224 Å². The van der Waals surface area contributed by atoms with Crippen LogP contribution < -0.4 is 21.3 Å². The molecular weight excluding hydrogens is 512 g/mol. The van der Waals surface area contributed by atoms with Gasteiger partial charge in [0, 0.05) is 23.9 Å². The Kier molecular flexibility index (Phi) is 7.23. The molecule has 0 radical (unpaired) electrons. The minimum atomic E-state index is -1.13. The summed E-state index contributed by atoms with van der Waals surface area (Å²) in [5.74, 6) is -1.41. The van der Waals surface area contributed by atoms with Gasteiger partial charge in [0.1, 0.15) is 30.1 Å². The summed E-state index contributed by atoms with van der Waals surface area (Å²) in [7, 11) is 0. The van der Waals surface area contributed by atoms with E-state index in [1.807, 2.05) is 13.8 Å². The summed E-state index contributed by atoms with van der Waals surface area (Å²) in [6, 6.07) is 4.73. The Bertz CT molecular complexity index is 1130. The molecule has 4 aliphatic heterocycles. The number of fused-ring (bicyclic) bond motifs is 1. The summed E-state index contributed by atoms with van der Waals surface area (Å²) < 4.78 is 4.96. The van der Waals surface area contributed by atoms with Gasteiger partial charge in [-0.25, -0.2) is 19.3 Å². The highest BCUT2D eigenvalue weighted by atomic mass is 32.2. The molecular formula is C25H32N6O6S. The lowest BCUT2D eigenvalue weighted by molar-refractivity contribution is -0.164. The first kappa shape index (κ1) is 26.3. The second-order valence-corrected chi connectivity index (χ2v) is 12.1. The van der Waals surface area contributed by atoms with Crippen LogP contribution in [0.2, 0.25) is 0 Å². The number of imide groups is 1. The molecule has 0 spiro atoms. The van der Waals surface area contributed by atoms with E-state index >= 15 is 0 Å². The van der Waals surface area contributed by atoms with Gasteiger partial charge in [-0.2, -0.15) is 0 Å². The summed E-state index contributed by atoms with van der Waals surface area (Å²) in [4.78, 5) is 66.8. The van der Waals surface area contributed by atoms with Crippen LogP contribution in [-0.4, -0.2) is 94.1 Å². The van der Waals surface area contributed by atoms with Crippen LogP contribution in [0.25, 0.3) is 0 Å². The van der Waals surface area contributed by atoms with E-state index in [1.165, 1.54) is 16.7 Å². The average Bonchev–Trinajstić information content (AvgIpc) is 3.63. The zero-order valence-electron chi connectivity index (χ0n) is 21.3. The summed E-state index contributed by atoms with van der Waals surface area (Å²) in [5.41, 5.74) is 0.503. The Balaban J connectivity index is 1.26. The fourth-order valence-electron chi connectivity index (χ4n) is 5.34. The van der Waals surface area contributed by atoms with Crippen molar-refractivity contribution in [2.75, 3.05) is 26.2 Å². The van der Waals surface area contributed by atoms with Gasteiger partial charge in [0.2, 0.25) is 11.8 Å². The molecule has 1 unspecified atom stereocenters. The molecule has 6 amide bonds. The first-order valence-corrected chi connectivity index (χ1v) is 13.7. The van der Waals surface area contributed by atoms with Gasteiger partial charge in [-0.15, -0.1) is 11.8 Å². The summed E-state index contributed by atoms with van der Waals surface area (Å²) in [6.07, 6.45) is 1.98. The third-order valence-corrected chi connectivity index (χ3v) is 8.89. The molecule has 1 aromatic carbocycles. The zero-order valence-corrected chi connectivity index (χ0v) is 22.1. The van der Waals surface area contributed by atoms with E-state index < -0.39 is 52.2 Å². The highest BCUT2D eigenvalue weighted by Crippen LogP contribution is 2.51.